The van der Waals surface area contributed by atoms with E-state index in [1.165, 1.54) is 84.1 Å². The molecule has 29 heavy (non-hydrogen) atoms. The number of hydrogen-bond acceptors (Lipinski definition) is 4. The van der Waals surface area contributed by atoms with Crippen molar-refractivity contribution in [1.82, 2.24) is 0 Å². The van der Waals surface area contributed by atoms with Crippen molar-refractivity contribution >= 4 is 42.2 Å². The molecule has 0 spiro atoms. The first-order valence-corrected chi connectivity index (χ1v) is 16.9. The van der Waals surface area contributed by atoms with E-state index >= 15 is 0 Å². The second-order valence-corrected chi connectivity index (χ2v) is 15.5. The van der Waals surface area contributed by atoms with E-state index in [2.05, 4.69) is 118 Å². The summed E-state index contributed by atoms with van der Waals surface area (Å²) in [5.74, 6) is 0. The van der Waals surface area contributed by atoms with Crippen molar-refractivity contribution < 1.29 is 64.7 Å². The third kappa shape index (κ3) is 17.8. The predicted octanol–water partition coefficient (Wildman–Crippen LogP) is 1.98. The maximum Gasteiger partial charge on any atom is -0.160 e. The number of benzene rings is 3. The summed E-state index contributed by atoms with van der Waals surface area (Å²) in [6.45, 7) is 6.45. The van der Waals surface area contributed by atoms with Crippen molar-refractivity contribution in [3.63, 3.8) is 0 Å². The molecule has 0 saturated heterocycles. The minimum atomic E-state index is -3.72. The Morgan fingerprint density at radius 1 is 0.621 bits per heavy atom. The van der Waals surface area contributed by atoms with Gasteiger partial charge in [-0.25, -0.2) is 0 Å². The van der Waals surface area contributed by atoms with Crippen molar-refractivity contribution in [1.29, 1.82) is 0 Å². The first kappa shape index (κ1) is 29.5. The van der Waals surface area contributed by atoms with Gasteiger partial charge in [-0.3, -0.25) is 0 Å². The first-order valence-electron chi connectivity index (χ1n) is 8.77. The minimum Gasteiger partial charge on any atom is -0.850 e. The van der Waals surface area contributed by atoms with Crippen molar-refractivity contribution in [3.05, 3.63) is 89.5 Å². The molecule has 8 heteroatoms. The molecule has 0 aliphatic carbocycles. The van der Waals surface area contributed by atoms with E-state index in [1.54, 1.807) is 0 Å². The Morgan fingerprint density at radius 3 is 0.897 bits per heavy atom. The van der Waals surface area contributed by atoms with Crippen LogP contribution in [0.15, 0.2) is 72.8 Å². The van der Waals surface area contributed by atoms with Gasteiger partial charge in [0.15, 0.2) is 0 Å². The van der Waals surface area contributed by atoms with Crippen molar-refractivity contribution in [2.45, 2.75) is 20.8 Å². The van der Waals surface area contributed by atoms with Crippen LogP contribution in [0, 0.1) is 20.8 Å². The van der Waals surface area contributed by atoms with Gasteiger partial charge in [-0.2, -0.15) is 11.8 Å². The van der Waals surface area contributed by atoms with Crippen molar-refractivity contribution in [2.24, 2.45) is 0 Å². The minimum absolute atomic E-state index is 1.27. The molecule has 2 nitrogen and oxygen atoms in total. The fourth-order valence-corrected chi connectivity index (χ4v) is 3.43. The molecule has 0 aliphatic heterocycles. The number of rotatable bonds is 0. The Labute approximate surface area is 215 Å². The normalized spacial score (nSPS) is 9.79. The smallest absolute Gasteiger partial charge is 0.160 e. The standard InChI is InChI=1S/3C7H7.H3O2PS2.3Zn/c3*1-7-5-3-2-4-6-7;1-3(2,4)5;;;/h3*2-5H,1H3;(H3,1,2,4,5);;;/q;;;;3*+1/p-3. The van der Waals surface area contributed by atoms with Crippen LogP contribution >= 0.6 is 5.69 Å². The second kappa shape index (κ2) is 16.1. The van der Waals surface area contributed by atoms with Crippen molar-refractivity contribution in [2.75, 3.05) is 0 Å². The second-order valence-electron chi connectivity index (χ2n) is 6.23. The van der Waals surface area contributed by atoms with Gasteiger partial charge in [-0.05, 0) is 0 Å². The summed E-state index contributed by atoms with van der Waals surface area (Å²) in [5, 5.41) is 0. The quantitative estimate of drug-likeness (QED) is 0.226. The number of hydrogen-bond donors (Lipinski definition) is 0. The molecule has 0 heterocycles. The Hall–Kier alpha value is 0.450. The van der Waals surface area contributed by atoms with Crippen LogP contribution in [0.1, 0.15) is 16.7 Å². The van der Waals surface area contributed by atoms with Gasteiger partial charge in [-0.15, -0.1) is 0 Å². The summed E-state index contributed by atoms with van der Waals surface area (Å²) in [4.78, 5) is 18.6. The largest absolute Gasteiger partial charge is 0.850 e. The van der Waals surface area contributed by atoms with E-state index in [1.807, 2.05) is 0 Å². The zero-order valence-electron chi connectivity index (χ0n) is 17.1. The van der Waals surface area contributed by atoms with E-state index in [9.17, 15) is 9.79 Å². The Bertz CT molecular complexity index is 743. The molecule has 0 N–H and O–H groups in total. The first-order chi connectivity index (χ1) is 13.4. The van der Waals surface area contributed by atoms with Gasteiger partial charge in [0.2, 0.25) is 0 Å². The van der Waals surface area contributed by atoms with E-state index in [4.69, 9.17) is 0 Å². The summed E-state index contributed by atoms with van der Waals surface area (Å²) in [5.41, 5.74) is 0.549. The van der Waals surface area contributed by atoms with E-state index in [-0.39, 0.29) is 0 Å². The summed E-state index contributed by atoms with van der Waals surface area (Å²) in [6.07, 6.45) is 0. The van der Waals surface area contributed by atoms with E-state index < -0.39 is 5.69 Å². The third-order valence-corrected chi connectivity index (χ3v) is 8.78. The predicted molar refractivity (Wildman–Crippen MR) is 114 cm³/mol. The third-order valence-electron chi connectivity index (χ3n) is 3.78. The number of aryl methyl sites for hydroxylation is 3. The van der Waals surface area contributed by atoms with Crippen LogP contribution in [0.4, 0.5) is 0 Å². The van der Waals surface area contributed by atoms with Gasteiger partial charge >= 0.3 is 178 Å². The van der Waals surface area contributed by atoms with Crippen LogP contribution in [0.25, 0.3) is 0 Å². The summed E-state index contributed by atoms with van der Waals surface area (Å²) in [6, 6.07) is 25.5. The van der Waals surface area contributed by atoms with Crippen LogP contribution in [0.5, 0.6) is 0 Å². The molecule has 0 atom stereocenters. The molecule has 0 radical (unpaired) electrons. The molecule has 0 aromatic heterocycles. The average Bonchev–Trinajstić information content (AvgIpc) is 2.62. The van der Waals surface area contributed by atoms with E-state index in [0.717, 1.165) is 0 Å². The zero-order chi connectivity index (χ0) is 22.4. The average molecular weight is 597 g/mol. The maximum atomic E-state index is 9.29. The fourth-order valence-electron chi connectivity index (χ4n) is 1.83. The van der Waals surface area contributed by atoms with Gasteiger partial charge in [0.1, 0.15) is 0 Å². The molecule has 140 valence electrons. The molecule has 3 aromatic carbocycles. The van der Waals surface area contributed by atoms with Crippen molar-refractivity contribution in [3.8, 4) is 0 Å². The van der Waals surface area contributed by atoms with Crippen LogP contribution in [-0.2, 0) is 79.0 Å². The molecule has 0 bridgehead atoms. The van der Waals surface area contributed by atoms with Gasteiger partial charge in [0.05, 0.1) is 0 Å². The van der Waals surface area contributed by atoms with E-state index in [0.29, 0.717) is 0 Å². The molecule has 0 aliphatic rings. The molecule has 0 unspecified atom stereocenters. The van der Waals surface area contributed by atoms with Crippen LogP contribution in [-0.4, -0.2) is 0 Å². The van der Waals surface area contributed by atoms with Crippen LogP contribution in [0.3, 0.4) is 0 Å². The molecular weight excluding hydrogens is 576 g/mol. The summed E-state index contributed by atoms with van der Waals surface area (Å²) in [7, 11) is 0. The Morgan fingerprint density at radius 2 is 0.793 bits per heavy atom. The zero-order valence-corrected chi connectivity index (χ0v) is 28.6. The molecular formula is C21H21O2PS2Zn3. The van der Waals surface area contributed by atoms with Gasteiger partial charge in [-0.1, -0.05) is 0 Å². The Kier molecular flexibility index (Phi) is 16.4. The molecule has 0 amide bonds. The summed E-state index contributed by atoms with van der Waals surface area (Å²) < 4.78 is 4.48. The molecule has 0 saturated carbocycles. The summed E-state index contributed by atoms with van der Waals surface area (Å²) >= 11 is 11.1. The molecule has 3 rings (SSSR count). The monoisotopic (exact) mass is 592 g/mol. The van der Waals surface area contributed by atoms with Crippen LogP contribution in [0.2, 0.25) is 0 Å². The van der Waals surface area contributed by atoms with Gasteiger partial charge in [0.25, 0.3) is 0 Å². The van der Waals surface area contributed by atoms with Crippen LogP contribution < -0.4 is 22.3 Å². The molecule has 3 aromatic rings. The topological polar surface area (TPSA) is 46.1 Å². The SMILES string of the molecule is Cc1cccc[c]1[Zn+].Cc1cccc[c]1[Zn+].Cc1cccc[c]1[Zn+].[O-]P([O-])(=S)[S-]. The maximum absolute atomic E-state index is 9.29. The van der Waals surface area contributed by atoms with Gasteiger partial charge in [0, 0.05) is 0 Å². The van der Waals surface area contributed by atoms with Gasteiger partial charge < -0.3 is 27.7 Å². The fraction of sp³-hybridized carbons (Fsp3) is 0.143. The Balaban J connectivity index is 0.000000367. The molecule has 0 fully saturated rings.